The molecule has 0 fully saturated rings. The molecule has 0 N–H and O–H groups in total. The molecule has 0 radical (unpaired) electrons. The van der Waals surface area contributed by atoms with Crippen molar-refractivity contribution in [1.82, 2.24) is 14.8 Å². The second-order valence-corrected chi connectivity index (χ2v) is 3.62. The van der Waals surface area contributed by atoms with Crippen molar-refractivity contribution in [2.24, 2.45) is 0 Å². The predicted octanol–water partition coefficient (Wildman–Crippen LogP) is 1.61. The second kappa shape index (κ2) is 3.17. The Bertz CT molecular complexity index is 504. The molecule has 0 saturated carbocycles. The van der Waals surface area contributed by atoms with Crippen LogP contribution >= 0.6 is 0 Å². The third-order valence-electron chi connectivity index (χ3n) is 2.61. The molecule has 0 aliphatic carbocycles. The zero-order valence-corrected chi connectivity index (χ0v) is 8.47. The molecule has 1 aromatic carbocycles. The van der Waals surface area contributed by atoms with E-state index in [-0.39, 0.29) is 0 Å². The van der Waals surface area contributed by atoms with Gasteiger partial charge in [-0.15, -0.1) is 10.2 Å². The molecular formula is C11H11N3O. The molecule has 0 unspecified atom stereocenters. The SMILES string of the molecule is Cc1nnc2n1-c1ccccc1COC2. The summed E-state index contributed by atoms with van der Waals surface area (Å²) in [6.45, 7) is 3.12. The third-order valence-corrected chi connectivity index (χ3v) is 2.61. The molecule has 0 saturated heterocycles. The maximum Gasteiger partial charge on any atom is 0.163 e. The fourth-order valence-corrected chi connectivity index (χ4v) is 1.92. The van der Waals surface area contributed by atoms with Crippen LogP contribution in [0, 0.1) is 6.92 Å². The monoisotopic (exact) mass is 201 g/mol. The Balaban J connectivity index is 2.30. The van der Waals surface area contributed by atoms with Gasteiger partial charge in [-0.3, -0.25) is 4.57 Å². The highest BCUT2D eigenvalue weighted by Crippen LogP contribution is 2.22. The van der Waals surface area contributed by atoms with Crippen LogP contribution in [-0.4, -0.2) is 14.8 Å². The Morgan fingerprint density at radius 2 is 2.07 bits per heavy atom. The first-order chi connectivity index (χ1) is 7.36. The van der Waals surface area contributed by atoms with E-state index >= 15 is 0 Å². The summed E-state index contributed by atoms with van der Waals surface area (Å²) in [5.74, 6) is 1.78. The third kappa shape index (κ3) is 1.26. The minimum Gasteiger partial charge on any atom is -0.369 e. The van der Waals surface area contributed by atoms with Gasteiger partial charge in [-0.1, -0.05) is 18.2 Å². The molecule has 1 aromatic heterocycles. The van der Waals surface area contributed by atoms with Gasteiger partial charge in [0, 0.05) is 5.56 Å². The smallest absolute Gasteiger partial charge is 0.163 e. The number of hydrogen-bond acceptors (Lipinski definition) is 3. The summed E-state index contributed by atoms with van der Waals surface area (Å²) in [7, 11) is 0. The van der Waals surface area contributed by atoms with Crippen molar-refractivity contribution in [2.45, 2.75) is 20.1 Å². The molecule has 3 rings (SSSR count). The molecule has 0 atom stereocenters. The molecule has 76 valence electrons. The van der Waals surface area contributed by atoms with Crippen molar-refractivity contribution in [2.75, 3.05) is 0 Å². The number of ether oxygens (including phenoxy) is 1. The van der Waals surface area contributed by atoms with Gasteiger partial charge in [0.15, 0.2) is 5.82 Å². The lowest BCUT2D eigenvalue weighted by molar-refractivity contribution is 0.105. The molecule has 15 heavy (non-hydrogen) atoms. The van der Waals surface area contributed by atoms with E-state index in [9.17, 15) is 0 Å². The van der Waals surface area contributed by atoms with Crippen molar-refractivity contribution in [3.8, 4) is 5.69 Å². The van der Waals surface area contributed by atoms with Gasteiger partial charge in [0.25, 0.3) is 0 Å². The summed E-state index contributed by atoms with van der Waals surface area (Å²) in [6, 6.07) is 8.19. The molecule has 1 aliphatic heterocycles. The minimum absolute atomic E-state index is 0.523. The number of para-hydroxylation sites is 1. The van der Waals surface area contributed by atoms with Crippen molar-refractivity contribution in [1.29, 1.82) is 0 Å². The van der Waals surface area contributed by atoms with Crippen LogP contribution in [0.5, 0.6) is 0 Å². The van der Waals surface area contributed by atoms with Gasteiger partial charge in [-0.05, 0) is 13.0 Å². The van der Waals surface area contributed by atoms with E-state index in [1.807, 2.05) is 19.1 Å². The first-order valence-electron chi connectivity index (χ1n) is 4.93. The van der Waals surface area contributed by atoms with Crippen LogP contribution in [0.1, 0.15) is 17.2 Å². The second-order valence-electron chi connectivity index (χ2n) is 3.62. The number of nitrogens with zero attached hydrogens (tertiary/aromatic N) is 3. The van der Waals surface area contributed by atoms with Gasteiger partial charge in [-0.25, -0.2) is 0 Å². The van der Waals surface area contributed by atoms with Crippen LogP contribution in [-0.2, 0) is 18.0 Å². The molecule has 2 heterocycles. The Morgan fingerprint density at radius 3 is 3.00 bits per heavy atom. The van der Waals surface area contributed by atoms with Gasteiger partial charge >= 0.3 is 0 Å². The standard InChI is InChI=1S/C11H11N3O/c1-8-12-13-11-7-15-6-9-4-2-3-5-10(9)14(8)11/h2-5H,6-7H2,1H3. The van der Waals surface area contributed by atoms with Crippen LogP contribution in [0.25, 0.3) is 5.69 Å². The average molecular weight is 201 g/mol. The maximum atomic E-state index is 5.54. The topological polar surface area (TPSA) is 39.9 Å². The Labute approximate surface area is 87.5 Å². The number of aryl methyl sites for hydroxylation is 1. The fourth-order valence-electron chi connectivity index (χ4n) is 1.92. The summed E-state index contributed by atoms with van der Waals surface area (Å²) < 4.78 is 7.60. The van der Waals surface area contributed by atoms with Crippen molar-refractivity contribution < 1.29 is 4.74 Å². The van der Waals surface area contributed by atoms with E-state index in [1.165, 1.54) is 5.56 Å². The fraction of sp³-hybridized carbons (Fsp3) is 0.273. The summed E-state index contributed by atoms with van der Waals surface area (Å²) >= 11 is 0. The van der Waals surface area contributed by atoms with Gasteiger partial charge in [0.05, 0.1) is 12.3 Å². The lowest BCUT2D eigenvalue weighted by atomic mass is 10.2. The highest BCUT2D eigenvalue weighted by molar-refractivity contribution is 5.42. The summed E-state index contributed by atoms with van der Waals surface area (Å²) in [4.78, 5) is 0. The molecule has 1 aliphatic rings. The highest BCUT2D eigenvalue weighted by atomic mass is 16.5. The minimum atomic E-state index is 0.523. The highest BCUT2D eigenvalue weighted by Gasteiger charge is 2.17. The number of rotatable bonds is 0. The van der Waals surface area contributed by atoms with E-state index in [0.29, 0.717) is 13.2 Å². The number of hydrogen-bond donors (Lipinski definition) is 0. The van der Waals surface area contributed by atoms with Gasteiger partial charge in [-0.2, -0.15) is 0 Å². The molecule has 0 amide bonds. The molecule has 4 heteroatoms. The molecule has 0 bridgehead atoms. The first-order valence-corrected chi connectivity index (χ1v) is 4.93. The van der Waals surface area contributed by atoms with E-state index in [2.05, 4.69) is 26.9 Å². The summed E-state index contributed by atoms with van der Waals surface area (Å²) in [5.41, 5.74) is 2.31. The maximum absolute atomic E-state index is 5.54. The van der Waals surface area contributed by atoms with E-state index in [1.54, 1.807) is 0 Å². The van der Waals surface area contributed by atoms with Gasteiger partial charge in [0.1, 0.15) is 12.4 Å². The molecule has 2 aromatic rings. The lowest BCUT2D eigenvalue weighted by Gasteiger charge is -2.07. The van der Waals surface area contributed by atoms with Gasteiger partial charge in [0.2, 0.25) is 0 Å². The quantitative estimate of drug-likeness (QED) is 0.650. The summed E-state index contributed by atoms with van der Waals surface area (Å²) in [5, 5.41) is 8.17. The zero-order valence-electron chi connectivity index (χ0n) is 8.47. The van der Waals surface area contributed by atoms with Crippen LogP contribution < -0.4 is 0 Å². The molecule has 0 spiro atoms. The lowest BCUT2D eigenvalue weighted by Crippen LogP contribution is -2.02. The first kappa shape index (κ1) is 8.61. The predicted molar refractivity (Wildman–Crippen MR) is 54.6 cm³/mol. The number of benzene rings is 1. The van der Waals surface area contributed by atoms with E-state index in [4.69, 9.17) is 4.74 Å². The van der Waals surface area contributed by atoms with Gasteiger partial charge < -0.3 is 4.74 Å². The average Bonchev–Trinajstić information content (AvgIpc) is 2.52. The molecular weight excluding hydrogens is 190 g/mol. The largest absolute Gasteiger partial charge is 0.369 e. The Morgan fingerprint density at radius 1 is 1.20 bits per heavy atom. The van der Waals surface area contributed by atoms with Crippen LogP contribution in [0.4, 0.5) is 0 Å². The Hall–Kier alpha value is -1.68. The summed E-state index contributed by atoms with van der Waals surface area (Å²) in [6.07, 6.45) is 0. The number of aromatic nitrogens is 3. The van der Waals surface area contributed by atoms with Crippen LogP contribution in [0.15, 0.2) is 24.3 Å². The number of fused-ring (bicyclic) bond motifs is 3. The van der Waals surface area contributed by atoms with E-state index < -0.39 is 0 Å². The van der Waals surface area contributed by atoms with Crippen molar-refractivity contribution >= 4 is 0 Å². The molecule has 4 nitrogen and oxygen atoms in total. The zero-order chi connectivity index (χ0) is 10.3. The van der Waals surface area contributed by atoms with Crippen molar-refractivity contribution in [3.63, 3.8) is 0 Å². The normalized spacial score (nSPS) is 14.2. The Kier molecular flexibility index (Phi) is 1.82. The van der Waals surface area contributed by atoms with Crippen LogP contribution in [0.2, 0.25) is 0 Å². The van der Waals surface area contributed by atoms with Crippen molar-refractivity contribution in [3.05, 3.63) is 41.5 Å². The van der Waals surface area contributed by atoms with E-state index in [0.717, 1.165) is 17.3 Å². The van der Waals surface area contributed by atoms with Crippen LogP contribution in [0.3, 0.4) is 0 Å².